The van der Waals surface area contributed by atoms with Crippen molar-refractivity contribution in [3.8, 4) is 11.5 Å². The summed E-state index contributed by atoms with van der Waals surface area (Å²) in [5, 5.41) is 0.620. The summed E-state index contributed by atoms with van der Waals surface area (Å²) in [5.74, 6) is 0.692. The van der Waals surface area contributed by atoms with Gasteiger partial charge in [-0.15, -0.1) is 0 Å². The quantitative estimate of drug-likeness (QED) is 0.841. The van der Waals surface area contributed by atoms with Crippen molar-refractivity contribution in [3.63, 3.8) is 0 Å². The molecule has 0 fully saturated rings. The fourth-order valence-electron chi connectivity index (χ4n) is 1.82. The molecule has 0 aliphatic carbocycles. The normalized spacial score (nSPS) is 12.2. The molecule has 0 amide bonds. The number of benzene rings is 2. The molecule has 2 rings (SSSR count). The van der Waals surface area contributed by atoms with Gasteiger partial charge in [-0.25, -0.2) is 4.39 Å². The summed E-state index contributed by atoms with van der Waals surface area (Å²) < 4.78 is 19.6. The first-order valence-electron chi connectivity index (χ1n) is 6.12. The minimum Gasteiger partial charge on any atom is -0.457 e. The third kappa shape index (κ3) is 3.95. The molecule has 5 heteroatoms. The van der Waals surface area contributed by atoms with E-state index in [-0.39, 0.29) is 11.9 Å². The Kier molecular flexibility index (Phi) is 5.02. The summed E-state index contributed by atoms with van der Waals surface area (Å²) in [5.41, 5.74) is 6.71. The average Bonchev–Trinajstić information content (AvgIpc) is 2.36. The second kappa shape index (κ2) is 6.57. The van der Waals surface area contributed by atoms with Crippen LogP contribution in [0.3, 0.4) is 0 Å². The summed E-state index contributed by atoms with van der Waals surface area (Å²) in [6, 6.07) is 9.92. The highest BCUT2D eigenvalue weighted by atomic mass is 79.9. The molecule has 2 N–H and O–H groups in total. The van der Waals surface area contributed by atoms with Crippen LogP contribution in [-0.4, -0.2) is 6.04 Å². The first-order chi connectivity index (χ1) is 9.45. The number of hydrogen-bond acceptors (Lipinski definition) is 2. The zero-order valence-corrected chi connectivity index (χ0v) is 13.2. The molecule has 0 heterocycles. The van der Waals surface area contributed by atoms with E-state index in [1.54, 1.807) is 24.3 Å². The van der Waals surface area contributed by atoms with Gasteiger partial charge in [0.25, 0.3) is 0 Å². The van der Waals surface area contributed by atoms with Crippen molar-refractivity contribution < 1.29 is 9.13 Å². The predicted molar refractivity (Wildman–Crippen MR) is 83.0 cm³/mol. The van der Waals surface area contributed by atoms with E-state index in [1.807, 2.05) is 13.0 Å². The molecule has 0 bridgehead atoms. The molecule has 0 saturated carbocycles. The molecule has 2 aromatic carbocycles. The molecular formula is C15H14BrClFNO. The molecule has 0 radical (unpaired) electrons. The maximum atomic E-state index is 13.5. The Morgan fingerprint density at radius 2 is 2.05 bits per heavy atom. The van der Waals surface area contributed by atoms with E-state index in [9.17, 15) is 4.39 Å². The smallest absolute Gasteiger partial charge is 0.141 e. The Labute approximate surface area is 130 Å². The Morgan fingerprint density at radius 1 is 1.30 bits per heavy atom. The molecule has 2 nitrogen and oxygen atoms in total. The van der Waals surface area contributed by atoms with E-state index in [4.69, 9.17) is 22.1 Å². The molecule has 0 aliphatic heterocycles. The zero-order chi connectivity index (χ0) is 14.7. The van der Waals surface area contributed by atoms with Gasteiger partial charge in [-0.2, -0.15) is 0 Å². The second-order valence-corrected chi connectivity index (χ2v) is 5.90. The van der Waals surface area contributed by atoms with Crippen LogP contribution in [0.15, 0.2) is 40.9 Å². The van der Waals surface area contributed by atoms with Crippen LogP contribution >= 0.6 is 27.5 Å². The average molecular weight is 359 g/mol. The predicted octanol–water partition coefficient (Wildman–Crippen LogP) is 4.92. The van der Waals surface area contributed by atoms with Gasteiger partial charge in [-0.1, -0.05) is 11.6 Å². The third-order valence-electron chi connectivity index (χ3n) is 2.68. The lowest BCUT2D eigenvalue weighted by atomic mass is 10.1. The summed E-state index contributed by atoms with van der Waals surface area (Å²) in [6.07, 6.45) is 0.634. The van der Waals surface area contributed by atoms with Crippen LogP contribution < -0.4 is 10.5 Å². The second-order valence-electron chi connectivity index (χ2n) is 4.61. The SMILES string of the molecule is CC(N)Cc1cc(Cl)ccc1Oc1ccc(Br)c(F)c1. The van der Waals surface area contributed by atoms with Crippen molar-refractivity contribution in [1.29, 1.82) is 0 Å². The molecule has 0 saturated heterocycles. The molecule has 0 spiro atoms. The Hall–Kier alpha value is -1.10. The van der Waals surface area contributed by atoms with Crippen molar-refractivity contribution >= 4 is 27.5 Å². The summed E-state index contributed by atoms with van der Waals surface area (Å²) in [4.78, 5) is 0. The number of nitrogens with two attached hydrogens (primary N) is 1. The number of ether oxygens (including phenoxy) is 1. The molecule has 1 unspecified atom stereocenters. The maximum absolute atomic E-state index is 13.5. The molecule has 2 aromatic rings. The lowest BCUT2D eigenvalue weighted by Gasteiger charge is -2.13. The highest BCUT2D eigenvalue weighted by molar-refractivity contribution is 9.10. The van der Waals surface area contributed by atoms with E-state index in [1.165, 1.54) is 6.07 Å². The number of halogens is 3. The van der Waals surface area contributed by atoms with Crippen molar-refractivity contribution in [3.05, 3.63) is 57.3 Å². The van der Waals surface area contributed by atoms with E-state index >= 15 is 0 Å². The van der Waals surface area contributed by atoms with E-state index < -0.39 is 0 Å². The topological polar surface area (TPSA) is 35.2 Å². The first kappa shape index (κ1) is 15.3. The molecule has 1 atom stereocenters. The van der Waals surface area contributed by atoms with Crippen LogP contribution in [0.25, 0.3) is 0 Å². The fraction of sp³-hybridized carbons (Fsp3) is 0.200. The van der Waals surface area contributed by atoms with Gasteiger partial charge in [0.2, 0.25) is 0 Å². The third-order valence-corrected chi connectivity index (χ3v) is 3.56. The van der Waals surface area contributed by atoms with Gasteiger partial charge in [-0.05, 0) is 65.2 Å². The number of rotatable bonds is 4. The van der Waals surface area contributed by atoms with Gasteiger partial charge in [0.1, 0.15) is 17.3 Å². The minimum atomic E-state index is -0.370. The summed E-state index contributed by atoms with van der Waals surface area (Å²) in [7, 11) is 0. The molecule has 0 aliphatic rings. The van der Waals surface area contributed by atoms with Gasteiger partial charge in [0.15, 0.2) is 0 Å². The van der Waals surface area contributed by atoms with Crippen LogP contribution in [0.4, 0.5) is 4.39 Å². The van der Waals surface area contributed by atoms with E-state index in [0.717, 1.165) is 5.56 Å². The van der Waals surface area contributed by atoms with E-state index in [0.29, 0.717) is 27.4 Å². The van der Waals surface area contributed by atoms with E-state index in [2.05, 4.69) is 15.9 Å². The standard InChI is InChI=1S/C15H14BrClFNO/c1-9(19)6-10-7-11(17)2-5-15(10)20-12-3-4-13(16)14(18)8-12/h2-5,7-9H,6,19H2,1H3. The Bertz CT molecular complexity index is 619. The van der Waals surface area contributed by atoms with Crippen LogP contribution in [-0.2, 0) is 6.42 Å². The van der Waals surface area contributed by atoms with Gasteiger partial charge >= 0.3 is 0 Å². The fourth-order valence-corrected chi connectivity index (χ4v) is 2.26. The monoisotopic (exact) mass is 357 g/mol. The van der Waals surface area contributed by atoms with Crippen LogP contribution in [0.1, 0.15) is 12.5 Å². The van der Waals surface area contributed by atoms with Gasteiger partial charge in [-0.3, -0.25) is 0 Å². The molecule has 106 valence electrons. The summed E-state index contributed by atoms with van der Waals surface area (Å²) >= 11 is 9.09. The van der Waals surface area contributed by atoms with Crippen LogP contribution in [0.5, 0.6) is 11.5 Å². The molecular weight excluding hydrogens is 345 g/mol. The van der Waals surface area contributed by atoms with Crippen molar-refractivity contribution in [1.82, 2.24) is 0 Å². The highest BCUT2D eigenvalue weighted by Crippen LogP contribution is 2.30. The van der Waals surface area contributed by atoms with Crippen LogP contribution in [0.2, 0.25) is 5.02 Å². The van der Waals surface area contributed by atoms with Gasteiger partial charge in [0.05, 0.1) is 4.47 Å². The first-order valence-corrected chi connectivity index (χ1v) is 7.29. The van der Waals surface area contributed by atoms with Crippen molar-refractivity contribution in [2.75, 3.05) is 0 Å². The highest BCUT2D eigenvalue weighted by Gasteiger charge is 2.09. The van der Waals surface area contributed by atoms with Gasteiger partial charge < -0.3 is 10.5 Å². The number of hydrogen-bond donors (Lipinski definition) is 1. The minimum absolute atomic E-state index is 0.0162. The Balaban J connectivity index is 2.30. The molecule has 20 heavy (non-hydrogen) atoms. The lowest BCUT2D eigenvalue weighted by Crippen LogP contribution is -2.18. The molecule has 0 aromatic heterocycles. The maximum Gasteiger partial charge on any atom is 0.141 e. The van der Waals surface area contributed by atoms with Crippen molar-refractivity contribution in [2.45, 2.75) is 19.4 Å². The van der Waals surface area contributed by atoms with Crippen molar-refractivity contribution in [2.24, 2.45) is 5.73 Å². The largest absolute Gasteiger partial charge is 0.457 e. The van der Waals surface area contributed by atoms with Gasteiger partial charge in [0, 0.05) is 17.1 Å². The zero-order valence-electron chi connectivity index (χ0n) is 10.9. The Morgan fingerprint density at radius 3 is 2.70 bits per heavy atom. The summed E-state index contributed by atoms with van der Waals surface area (Å²) in [6.45, 7) is 1.91. The van der Waals surface area contributed by atoms with Crippen LogP contribution in [0, 0.1) is 5.82 Å². The lowest BCUT2D eigenvalue weighted by molar-refractivity contribution is 0.468.